The Hall–Kier alpha value is -4.62. The van der Waals surface area contributed by atoms with Crippen molar-refractivity contribution in [1.29, 1.82) is 0 Å². The Morgan fingerprint density at radius 1 is 1.15 bits per heavy atom. The van der Waals surface area contributed by atoms with E-state index in [0.717, 1.165) is 23.3 Å². The van der Waals surface area contributed by atoms with Gasteiger partial charge in [0.05, 0.1) is 10.6 Å². The Morgan fingerprint density at radius 3 is 2.51 bits per heavy atom. The molecule has 0 bridgehead atoms. The van der Waals surface area contributed by atoms with Gasteiger partial charge in [0.15, 0.2) is 5.69 Å². The maximum atomic E-state index is 13.3. The molecule has 0 aliphatic heterocycles. The van der Waals surface area contributed by atoms with Crippen LogP contribution in [0, 0.1) is 24.0 Å². The number of non-ortho nitro benzene ring substituents is 1. The number of nitro groups is 1. The van der Waals surface area contributed by atoms with E-state index in [0.29, 0.717) is 17.7 Å². The highest BCUT2D eigenvalue weighted by atomic mass is 32.2. The molecule has 0 aliphatic carbocycles. The van der Waals surface area contributed by atoms with E-state index < -0.39 is 37.5 Å². The number of amides is 1. The molecule has 4 rings (SSSR count). The van der Waals surface area contributed by atoms with Gasteiger partial charge in [-0.25, -0.2) is 13.1 Å². The summed E-state index contributed by atoms with van der Waals surface area (Å²) in [7, 11) is -4.22. The molecule has 2 heterocycles. The maximum absolute atomic E-state index is 13.3. The molecule has 1 unspecified atom stereocenters. The molecule has 2 aromatic heterocycles. The van der Waals surface area contributed by atoms with E-state index in [9.17, 15) is 23.3 Å². The first-order chi connectivity index (χ1) is 19.5. The van der Waals surface area contributed by atoms with Gasteiger partial charge in [-0.05, 0) is 57.0 Å². The Morgan fingerprint density at radius 2 is 1.88 bits per heavy atom. The van der Waals surface area contributed by atoms with E-state index in [1.807, 2.05) is 32.0 Å². The second-order valence-electron chi connectivity index (χ2n) is 9.49. The summed E-state index contributed by atoms with van der Waals surface area (Å²) >= 11 is 0. The van der Waals surface area contributed by atoms with Crippen molar-refractivity contribution in [3.05, 3.63) is 99.5 Å². The number of sulfonamides is 1. The van der Waals surface area contributed by atoms with Gasteiger partial charge in [-0.2, -0.15) is 9.78 Å². The number of hydrogen-bond acceptors (Lipinski definition) is 8. The van der Waals surface area contributed by atoms with Gasteiger partial charge in [-0.3, -0.25) is 19.9 Å². The highest BCUT2D eigenvalue weighted by Crippen LogP contribution is 2.36. The molecule has 0 fully saturated rings. The molecule has 41 heavy (non-hydrogen) atoms. The van der Waals surface area contributed by atoms with E-state index in [1.165, 1.54) is 10.7 Å². The smallest absolute Gasteiger partial charge is 0.272 e. The zero-order valence-electron chi connectivity index (χ0n) is 23.0. The van der Waals surface area contributed by atoms with E-state index in [-0.39, 0.29) is 23.9 Å². The molecule has 0 aliphatic rings. The first-order valence-corrected chi connectivity index (χ1v) is 14.3. The number of carbonyl (C=O) groups is 1. The third-order valence-electron chi connectivity index (χ3n) is 6.34. The van der Waals surface area contributed by atoms with Gasteiger partial charge in [-0.1, -0.05) is 30.7 Å². The molecular formula is C28H30N6O6S. The number of nitro benzene ring substituents is 1. The number of nitrogens with zero attached hydrogens (tertiary/aromatic N) is 4. The SMILES string of the molecule is CCC(C)NS(=O)(=O)c1cc([N+](=O)[O-])ccc1Oc1c(C)c(C(=O)NCc2cccnc2)nn1-c1ccc(C)cc1. The average Bonchev–Trinajstić information content (AvgIpc) is 3.28. The van der Waals surface area contributed by atoms with Crippen LogP contribution in [0.5, 0.6) is 11.6 Å². The second kappa shape index (κ2) is 12.3. The van der Waals surface area contributed by atoms with Crippen LogP contribution in [0.1, 0.15) is 47.4 Å². The lowest BCUT2D eigenvalue weighted by Gasteiger charge is -2.16. The second-order valence-corrected chi connectivity index (χ2v) is 11.2. The minimum atomic E-state index is -4.22. The molecule has 13 heteroatoms. The quantitative estimate of drug-likeness (QED) is 0.193. The third-order valence-corrected chi connectivity index (χ3v) is 7.95. The molecular weight excluding hydrogens is 548 g/mol. The number of nitrogens with one attached hydrogen (secondary N) is 2. The number of hydrogen-bond donors (Lipinski definition) is 2. The number of benzene rings is 2. The lowest BCUT2D eigenvalue weighted by Crippen LogP contribution is -2.32. The fourth-order valence-electron chi connectivity index (χ4n) is 3.87. The van der Waals surface area contributed by atoms with Crippen LogP contribution in [-0.4, -0.2) is 40.1 Å². The van der Waals surface area contributed by atoms with Crippen molar-refractivity contribution in [1.82, 2.24) is 24.8 Å². The monoisotopic (exact) mass is 578 g/mol. The van der Waals surface area contributed by atoms with Crippen LogP contribution in [0.3, 0.4) is 0 Å². The number of aromatic nitrogens is 3. The van der Waals surface area contributed by atoms with Crippen molar-refractivity contribution in [3.63, 3.8) is 0 Å². The van der Waals surface area contributed by atoms with Crippen LogP contribution >= 0.6 is 0 Å². The summed E-state index contributed by atoms with van der Waals surface area (Å²) in [6, 6.07) is 13.8. The van der Waals surface area contributed by atoms with Gasteiger partial charge in [0.1, 0.15) is 10.6 Å². The number of pyridine rings is 1. The normalized spacial score (nSPS) is 12.1. The molecule has 0 saturated carbocycles. The van der Waals surface area contributed by atoms with Crippen LogP contribution in [0.2, 0.25) is 0 Å². The molecule has 12 nitrogen and oxygen atoms in total. The first-order valence-electron chi connectivity index (χ1n) is 12.8. The Bertz CT molecular complexity index is 1670. The van der Waals surface area contributed by atoms with E-state index in [2.05, 4.69) is 20.1 Å². The fourth-order valence-corrected chi connectivity index (χ4v) is 5.34. The van der Waals surface area contributed by atoms with Gasteiger partial charge in [-0.15, -0.1) is 0 Å². The molecule has 0 radical (unpaired) electrons. The van der Waals surface area contributed by atoms with Crippen LogP contribution in [0.25, 0.3) is 5.69 Å². The molecule has 4 aromatic rings. The standard InChI is InChI=1S/C28H30N6O6S/c1-5-19(3)32-41(38,39)25-15-23(34(36)37)12-13-24(25)40-28-20(4)26(27(35)30-17-21-7-6-14-29-16-21)31-33(28)22-10-8-18(2)9-11-22/h6-16,19,32H,5,17H2,1-4H3,(H,30,35). The molecule has 0 spiro atoms. The zero-order valence-corrected chi connectivity index (χ0v) is 23.8. The lowest BCUT2D eigenvalue weighted by atomic mass is 10.2. The molecule has 1 atom stereocenters. The largest absolute Gasteiger partial charge is 0.437 e. The maximum Gasteiger partial charge on any atom is 0.272 e. The molecule has 1 amide bonds. The van der Waals surface area contributed by atoms with Gasteiger partial charge >= 0.3 is 0 Å². The minimum Gasteiger partial charge on any atom is -0.437 e. The van der Waals surface area contributed by atoms with Crippen molar-refractivity contribution >= 4 is 21.6 Å². The summed E-state index contributed by atoms with van der Waals surface area (Å²) in [6.45, 7) is 7.25. The number of rotatable bonds is 11. The van der Waals surface area contributed by atoms with Crippen molar-refractivity contribution in [2.75, 3.05) is 0 Å². The van der Waals surface area contributed by atoms with Gasteiger partial charge in [0, 0.05) is 42.7 Å². The van der Waals surface area contributed by atoms with Crippen LogP contribution in [0.15, 0.2) is 71.9 Å². The topological polar surface area (TPSA) is 158 Å². The van der Waals surface area contributed by atoms with Crippen LogP contribution < -0.4 is 14.8 Å². The fraction of sp³-hybridized carbons (Fsp3) is 0.250. The third kappa shape index (κ3) is 6.76. The summed E-state index contributed by atoms with van der Waals surface area (Å²) in [5.74, 6) is -0.559. The summed E-state index contributed by atoms with van der Waals surface area (Å²) in [5.41, 5.74) is 2.33. The van der Waals surface area contributed by atoms with Crippen LogP contribution in [-0.2, 0) is 16.6 Å². The predicted octanol–water partition coefficient (Wildman–Crippen LogP) is 4.59. The average molecular weight is 579 g/mol. The van der Waals surface area contributed by atoms with Crippen molar-refractivity contribution < 1.29 is 22.9 Å². The zero-order chi connectivity index (χ0) is 29.7. The number of carbonyl (C=O) groups excluding carboxylic acids is 1. The Labute approximate surface area is 237 Å². The van der Waals surface area contributed by atoms with E-state index in [4.69, 9.17) is 4.74 Å². The summed E-state index contributed by atoms with van der Waals surface area (Å²) < 4.78 is 36.7. The molecule has 0 saturated heterocycles. The highest BCUT2D eigenvalue weighted by Gasteiger charge is 2.28. The van der Waals surface area contributed by atoms with Crippen molar-refractivity contribution in [2.45, 2.75) is 51.6 Å². The first kappa shape index (κ1) is 29.4. The van der Waals surface area contributed by atoms with Gasteiger partial charge in [0.2, 0.25) is 15.9 Å². The Balaban J connectivity index is 1.80. The predicted molar refractivity (Wildman–Crippen MR) is 152 cm³/mol. The van der Waals surface area contributed by atoms with Gasteiger partial charge in [0.25, 0.3) is 11.6 Å². The molecule has 2 N–H and O–H groups in total. The molecule has 2 aromatic carbocycles. The lowest BCUT2D eigenvalue weighted by molar-refractivity contribution is -0.385. The summed E-state index contributed by atoms with van der Waals surface area (Å²) in [6.07, 6.45) is 3.77. The van der Waals surface area contributed by atoms with E-state index in [1.54, 1.807) is 44.4 Å². The van der Waals surface area contributed by atoms with E-state index >= 15 is 0 Å². The summed E-state index contributed by atoms with van der Waals surface area (Å²) in [5, 5.41) is 18.8. The number of aryl methyl sites for hydroxylation is 1. The van der Waals surface area contributed by atoms with Crippen LogP contribution in [0.4, 0.5) is 5.69 Å². The number of ether oxygens (including phenoxy) is 1. The molecule has 214 valence electrons. The summed E-state index contributed by atoms with van der Waals surface area (Å²) in [4.78, 5) is 27.6. The van der Waals surface area contributed by atoms with Crippen molar-refractivity contribution in [2.24, 2.45) is 0 Å². The highest BCUT2D eigenvalue weighted by molar-refractivity contribution is 7.89. The minimum absolute atomic E-state index is 0.0634. The van der Waals surface area contributed by atoms with Gasteiger partial charge < -0.3 is 10.1 Å². The Kier molecular flexibility index (Phi) is 8.79. The van der Waals surface area contributed by atoms with Crippen molar-refractivity contribution in [3.8, 4) is 17.3 Å².